The Labute approximate surface area is 188 Å². The van der Waals surface area contributed by atoms with Crippen molar-refractivity contribution in [3.63, 3.8) is 0 Å². The fourth-order valence-electron chi connectivity index (χ4n) is 2.28. The van der Waals surface area contributed by atoms with E-state index in [1.807, 2.05) is 19.9 Å². The second kappa shape index (κ2) is 10.8. The molecule has 164 valence electrons. The van der Waals surface area contributed by atoms with E-state index in [-0.39, 0.29) is 11.4 Å². The van der Waals surface area contributed by atoms with Crippen molar-refractivity contribution in [2.24, 2.45) is 5.73 Å². The van der Waals surface area contributed by atoms with E-state index in [1.54, 1.807) is 12.1 Å². The van der Waals surface area contributed by atoms with Crippen LogP contribution in [0.15, 0.2) is 49.6 Å². The number of nitriles is 1. The first kappa shape index (κ1) is 22.6. The lowest BCUT2D eigenvalue weighted by Crippen LogP contribution is -2.13. The zero-order chi connectivity index (χ0) is 23.6. The highest BCUT2D eigenvalue weighted by molar-refractivity contribution is 5.90. The summed E-state index contributed by atoms with van der Waals surface area (Å²) < 4.78 is 0. The Balaban J connectivity index is 0.000000186. The van der Waals surface area contributed by atoms with Gasteiger partial charge in [-0.2, -0.15) is 5.26 Å². The molecule has 0 unspecified atom stereocenters. The zero-order valence-corrected chi connectivity index (χ0v) is 17.6. The molecule has 0 aliphatic heterocycles. The molecule has 0 aliphatic rings. The van der Waals surface area contributed by atoms with Gasteiger partial charge in [0.2, 0.25) is 0 Å². The fraction of sp³-hybridized carbons (Fsp3) is 0.100. The van der Waals surface area contributed by atoms with Gasteiger partial charge in [0.1, 0.15) is 47.7 Å². The van der Waals surface area contributed by atoms with Crippen LogP contribution in [-0.2, 0) is 0 Å². The maximum Gasteiger partial charge on any atom is 0.268 e. The quantitative estimate of drug-likeness (QED) is 0.404. The number of aryl methyl sites for hydroxylation is 2. The Morgan fingerprint density at radius 1 is 0.758 bits per heavy atom. The van der Waals surface area contributed by atoms with Gasteiger partial charge in [-0.1, -0.05) is 0 Å². The summed E-state index contributed by atoms with van der Waals surface area (Å²) in [6.07, 6.45) is 8.51. The van der Waals surface area contributed by atoms with Crippen molar-refractivity contribution in [2.75, 3.05) is 10.6 Å². The third-order valence-corrected chi connectivity index (χ3v) is 3.79. The number of nitrogens with zero attached hydrogens (tertiary/aromatic N) is 9. The number of carbonyl (C=O) groups is 1. The van der Waals surface area contributed by atoms with Crippen LogP contribution in [0.4, 0.5) is 23.3 Å². The second-order valence-electron chi connectivity index (χ2n) is 6.39. The van der Waals surface area contributed by atoms with Crippen molar-refractivity contribution < 1.29 is 4.79 Å². The van der Waals surface area contributed by atoms with Crippen molar-refractivity contribution in [2.45, 2.75) is 13.8 Å². The van der Waals surface area contributed by atoms with Gasteiger partial charge in [0.05, 0.1) is 24.8 Å². The van der Waals surface area contributed by atoms with Crippen LogP contribution in [0, 0.1) is 25.2 Å². The predicted octanol–water partition coefficient (Wildman–Crippen LogP) is 1.61. The van der Waals surface area contributed by atoms with E-state index in [2.05, 4.69) is 50.5 Å². The van der Waals surface area contributed by atoms with Gasteiger partial charge in [0.25, 0.3) is 5.91 Å². The number of carbonyl (C=O) groups excluding carboxylic acids is 1. The SMILES string of the molecule is Cc1cc(Nc2cnc(C#N)cn2)ncn1.Cc1cc(Nc2cnc(C(N)=O)cn2)ncn1. The minimum Gasteiger partial charge on any atom is -0.364 e. The van der Waals surface area contributed by atoms with Gasteiger partial charge in [0, 0.05) is 23.5 Å². The molecule has 0 saturated heterocycles. The van der Waals surface area contributed by atoms with E-state index in [0.717, 1.165) is 11.4 Å². The van der Waals surface area contributed by atoms with Gasteiger partial charge in [-0.3, -0.25) is 4.79 Å². The highest BCUT2D eigenvalue weighted by Crippen LogP contribution is 2.11. The predicted molar refractivity (Wildman–Crippen MR) is 117 cm³/mol. The molecule has 0 bridgehead atoms. The first-order valence-electron chi connectivity index (χ1n) is 9.38. The number of anilines is 4. The van der Waals surface area contributed by atoms with Crippen LogP contribution in [0.25, 0.3) is 0 Å². The Kier molecular flexibility index (Phi) is 7.37. The van der Waals surface area contributed by atoms with Gasteiger partial charge in [-0.15, -0.1) is 0 Å². The van der Waals surface area contributed by atoms with E-state index in [0.29, 0.717) is 23.3 Å². The van der Waals surface area contributed by atoms with Gasteiger partial charge in [-0.25, -0.2) is 39.9 Å². The largest absolute Gasteiger partial charge is 0.364 e. The maximum absolute atomic E-state index is 10.8. The van der Waals surface area contributed by atoms with Crippen LogP contribution in [0.2, 0.25) is 0 Å². The topological polar surface area (TPSA) is 194 Å². The van der Waals surface area contributed by atoms with Gasteiger partial charge >= 0.3 is 0 Å². The van der Waals surface area contributed by atoms with Crippen LogP contribution in [0.5, 0.6) is 0 Å². The second-order valence-corrected chi connectivity index (χ2v) is 6.39. The van der Waals surface area contributed by atoms with Crippen molar-refractivity contribution in [1.29, 1.82) is 5.26 Å². The summed E-state index contributed by atoms with van der Waals surface area (Å²) in [5.41, 5.74) is 7.15. The molecule has 0 atom stereocenters. The van der Waals surface area contributed by atoms with Crippen molar-refractivity contribution >= 4 is 29.2 Å². The molecule has 0 fully saturated rings. The number of hydrogen-bond acceptors (Lipinski definition) is 12. The molecule has 4 aromatic rings. The molecular formula is C20H18N12O. The molecule has 0 aliphatic carbocycles. The number of rotatable bonds is 5. The van der Waals surface area contributed by atoms with Crippen molar-refractivity contribution in [3.05, 3.63) is 72.4 Å². The van der Waals surface area contributed by atoms with Crippen LogP contribution in [0.3, 0.4) is 0 Å². The monoisotopic (exact) mass is 442 g/mol. The average molecular weight is 442 g/mol. The summed E-state index contributed by atoms with van der Waals surface area (Å²) >= 11 is 0. The third-order valence-electron chi connectivity index (χ3n) is 3.79. The number of hydrogen-bond donors (Lipinski definition) is 3. The summed E-state index contributed by atoms with van der Waals surface area (Å²) in [5.74, 6) is 1.66. The van der Waals surface area contributed by atoms with Crippen molar-refractivity contribution in [1.82, 2.24) is 39.9 Å². The number of primary amides is 1. The normalized spacial score (nSPS) is 9.73. The first-order chi connectivity index (χ1) is 15.9. The van der Waals surface area contributed by atoms with E-state index < -0.39 is 5.91 Å². The average Bonchev–Trinajstić information content (AvgIpc) is 2.80. The minimum absolute atomic E-state index is 0.120. The number of aromatic nitrogens is 8. The smallest absolute Gasteiger partial charge is 0.268 e. The highest BCUT2D eigenvalue weighted by atomic mass is 16.1. The van der Waals surface area contributed by atoms with Crippen LogP contribution >= 0.6 is 0 Å². The van der Waals surface area contributed by atoms with Crippen molar-refractivity contribution in [3.8, 4) is 6.07 Å². The molecule has 4 N–H and O–H groups in total. The molecule has 13 heteroatoms. The number of nitrogens with one attached hydrogen (secondary N) is 2. The van der Waals surface area contributed by atoms with Crippen LogP contribution in [-0.4, -0.2) is 45.8 Å². The molecule has 4 aromatic heterocycles. The minimum atomic E-state index is -0.609. The number of nitrogens with two attached hydrogens (primary N) is 1. The lowest BCUT2D eigenvalue weighted by atomic mass is 10.4. The molecule has 1 amide bonds. The van der Waals surface area contributed by atoms with Crippen LogP contribution < -0.4 is 16.4 Å². The fourth-order valence-corrected chi connectivity index (χ4v) is 2.28. The molecule has 4 rings (SSSR count). The van der Waals surface area contributed by atoms with E-state index in [4.69, 9.17) is 11.0 Å². The molecule has 13 nitrogen and oxygen atoms in total. The Bertz CT molecular complexity index is 1270. The lowest BCUT2D eigenvalue weighted by Gasteiger charge is -2.04. The summed E-state index contributed by atoms with van der Waals surface area (Å²) in [4.78, 5) is 42.5. The van der Waals surface area contributed by atoms with Gasteiger partial charge in [-0.05, 0) is 13.8 Å². The summed E-state index contributed by atoms with van der Waals surface area (Å²) in [5, 5.41) is 14.5. The molecule has 4 heterocycles. The van der Waals surface area contributed by atoms with E-state index in [9.17, 15) is 4.79 Å². The van der Waals surface area contributed by atoms with E-state index in [1.165, 1.54) is 37.4 Å². The lowest BCUT2D eigenvalue weighted by molar-refractivity contribution is 0.0995. The molecular weight excluding hydrogens is 424 g/mol. The molecule has 0 aromatic carbocycles. The standard InChI is InChI=1S/C10H10N6O.C10H8N6/c1-6-2-8(15-5-14-6)16-9-4-12-7(3-13-9)10(11)17;1-7-2-9(15-6-14-7)16-10-5-12-8(3-11)4-13-10/h2-5H,1H3,(H2,11,17)(H,13,14,15,16);2,4-6H,1H3,(H,13,14,15,16). The summed E-state index contributed by atoms with van der Waals surface area (Å²) in [7, 11) is 0. The maximum atomic E-state index is 10.8. The molecule has 0 radical (unpaired) electrons. The molecule has 33 heavy (non-hydrogen) atoms. The molecule has 0 spiro atoms. The molecule has 0 saturated carbocycles. The third kappa shape index (κ3) is 6.96. The Morgan fingerprint density at radius 2 is 1.30 bits per heavy atom. The summed E-state index contributed by atoms with van der Waals surface area (Å²) in [6.45, 7) is 3.73. The zero-order valence-electron chi connectivity index (χ0n) is 17.6. The van der Waals surface area contributed by atoms with E-state index >= 15 is 0 Å². The van der Waals surface area contributed by atoms with Gasteiger partial charge < -0.3 is 16.4 Å². The highest BCUT2D eigenvalue weighted by Gasteiger charge is 2.03. The van der Waals surface area contributed by atoms with Crippen LogP contribution in [0.1, 0.15) is 27.6 Å². The Hall–Kier alpha value is -5.12. The number of amides is 1. The first-order valence-corrected chi connectivity index (χ1v) is 9.38. The Morgan fingerprint density at radius 3 is 1.70 bits per heavy atom. The van der Waals surface area contributed by atoms with Gasteiger partial charge in [0.15, 0.2) is 5.69 Å². The summed E-state index contributed by atoms with van der Waals surface area (Å²) in [6, 6.07) is 5.46.